The molecule has 0 saturated carbocycles. The van der Waals surface area contributed by atoms with E-state index in [0.29, 0.717) is 36.0 Å². The maximum absolute atomic E-state index is 12.6. The van der Waals surface area contributed by atoms with E-state index in [4.69, 9.17) is 20.7 Å². The number of carbonyl (C=O) groups is 1. The highest BCUT2D eigenvalue weighted by Gasteiger charge is 2.24. The number of nitrogens with two attached hydrogens (primary N) is 1. The number of carbonyl (C=O) groups excluding carboxylic acids is 1. The molecular formula is C24H21N7O2. The third-order valence-electron chi connectivity index (χ3n) is 5.75. The van der Waals surface area contributed by atoms with Crippen molar-refractivity contribution in [2.75, 3.05) is 24.3 Å². The molecule has 1 aliphatic rings. The first-order valence-electron chi connectivity index (χ1n) is 10.6. The summed E-state index contributed by atoms with van der Waals surface area (Å²) in [5.74, 6) is 1.64. The van der Waals surface area contributed by atoms with Crippen LogP contribution in [0.1, 0.15) is 40.5 Å². The van der Waals surface area contributed by atoms with Gasteiger partial charge in [-0.2, -0.15) is 5.26 Å². The topological polar surface area (TPSA) is 131 Å². The highest BCUT2D eigenvalue weighted by atomic mass is 16.5. The Bertz CT molecular complexity index is 1370. The Hall–Kier alpha value is -4.29. The first-order chi connectivity index (χ1) is 16.1. The van der Waals surface area contributed by atoms with E-state index in [1.54, 1.807) is 24.4 Å². The SMILES string of the molecule is N#Cc1ccnc(NC(=O)c2ccc(-c3nc(C4CCOCC4)n4ccnc(N)c34)cc2)c1. The second kappa shape index (κ2) is 8.68. The number of hydrogen-bond donors (Lipinski definition) is 2. The van der Waals surface area contributed by atoms with Gasteiger partial charge in [0.2, 0.25) is 0 Å². The molecule has 3 N–H and O–H groups in total. The van der Waals surface area contributed by atoms with Crippen molar-refractivity contribution in [1.82, 2.24) is 19.4 Å². The third-order valence-corrected chi connectivity index (χ3v) is 5.75. The van der Waals surface area contributed by atoms with E-state index in [2.05, 4.69) is 15.3 Å². The molecule has 5 rings (SSSR count). The number of aromatic nitrogens is 4. The zero-order valence-electron chi connectivity index (χ0n) is 17.7. The normalized spacial score (nSPS) is 14.2. The molecule has 0 bridgehead atoms. The van der Waals surface area contributed by atoms with Gasteiger partial charge >= 0.3 is 0 Å². The molecule has 9 heteroatoms. The fraction of sp³-hybridized carbons (Fsp3) is 0.208. The van der Waals surface area contributed by atoms with E-state index >= 15 is 0 Å². The lowest BCUT2D eigenvalue weighted by atomic mass is 9.99. The molecule has 0 radical (unpaired) electrons. The Kier molecular flexibility index (Phi) is 5.42. The number of fused-ring (bicyclic) bond motifs is 1. The number of nitriles is 1. The molecule has 0 aliphatic carbocycles. The first-order valence-corrected chi connectivity index (χ1v) is 10.6. The van der Waals surface area contributed by atoms with Crippen LogP contribution in [0.2, 0.25) is 0 Å². The lowest BCUT2D eigenvalue weighted by Crippen LogP contribution is -2.16. The number of nitrogens with zero attached hydrogens (tertiary/aromatic N) is 5. The summed E-state index contributed by atoms with van der Waals surface area (Å²) in [5, 5.41) is 11.7. The standard InChI is InChI=1S/C24H21N7O2/c25-14-15-5-8-27-19(13-15)29-24(32)18-3-1-16(2-4-18)20-21-22(26)28-9-10-31(21)23(30-20)17-6-11-33-12-7-17/h1-5,8-10,13,17H,6-7,11-12H2,(H2,26,28)(H,27,29,32). The molecule has 9 nitrogen and oxygen atoms in total. The number of ether oxygens (including phenoxy) is 1. The molecule has 1 amide bonds. The van der Waals surface area contributed by atoms with E-state index < -0.39 is 0 Å². The van der Waals surface area contributed by atoms with Gasteiger partial charge in [0.05, 0.1) is 11.6 Å². The van der Waals surface area contributed by atoms with Gasteiger partial charge in [0, 0.05) is 48.8 Å². The summed E-state index contributed by atoms with van der Waals surface area (Å²) in [4.78, 5) is 25.9. The minimum atomic E-state index is -0.317. The summed E-state index contributed by atoms with van der Waals surface area (Å²) >= 11 is 0. The summed E-state index contributed by atoms with van der Waals surface area (Å²) < 4.78 is 7.52. The largest absolute Gasteiger partial charge is 0.382 e. The van der Waals surface area contributed by atoms with E-state index in [0.717, 1.165) is 35.4 Å². The van der Waals surface area contributed by atoms with Gasteiger partial charge in [0.15, 0.2) is 0 Å². The molecule has 0 spiro atoms. The Morgan fingerprint density at radius 1 is 1.15 bits per heavy atom. The minimum Gasteiger partial charge on any atom is -0.382 e. The van der Waals surface area contributed by atoms with Crippen molar-refractivity contribution in [2.45, 2.75) is 18.8 Å². The Morgan fingerprint density at radius 2 is 1.94 bits per heavy atom. The van der Waals surface area contributed by atoms with Crippen LogP contribution in [0.3, 0.4) is 0 Å². The summed E-state index contributed by atoms with van der Waals surface area (Å²) in [6, 6.07) is 12.3. The number of nitrogens with one attached hydrogen (secondary N) is 1. The quantitative estimate of drug-likeness (QED) is 0.498. The maximum atomic E-state index is 12.6. The molecule has 1 saturated heterocycles. The van der Waals surface area contributed by atoms with Crippen LogP contribution >= 0.6 is 0 Å². The number of amides is 1. The Labute approximate surface area is 189 Å². The number of imidazole rings is 1. The monoisotopic (exact) mass is 439 g/mol. The average molecular weight is 439 g/mol. The summed E-state index contributed by atoms with van der Waals surface area (Å²) in [5.41, 5.74) is 9.45. The number of nitrogen functional groups attached to an aromatic ring is 1. The fourth-order valence-electron chi connectivity index (χ4n) is 4.07. The van der Waals surface area contributed by atoms with Crippen molar-refractivity contribution in [3.8, 4) is 17.3 Å². The predicted octanol–water partition coefficient (Wildman–Crippen LogP) is 3.39. The smallest absolute Gasteiger partial charge is 0.256 e. The van der Waals surface area contributed by atoms with Gasteiger partial charge in [0.1, 0.15) is 28.7 Å². The highest BCUT2D eigenvalue weighted by molar-refractivity contribution is 6.04. The van der Waals surface area contributed by atoms with Crippen LogP contribution in [0.5, 0.6) is 0 Å². The number of benzene rings is 1. The van der Waals surface area contributed by atoms with Gasteiger partial charge in [-0.3, -0.25) is 9.20 Å². The molecule has 3 aromatic heterocycles. The van der Waals surface area contributed by atoms with E-state index in [1.807, 2.05) is 28.8 Å². The zero-order valence-corrected chi connectivity index (χ0v) is 17.7. The van der Waals surface area contributed by atoms with Gasteiger partial charge in [-0.05, 0) is 37.1 Å². The van der Waals surface area contributed by atoms with E-state index in [9.17, 15) is 4.79 Å². The number of hydrogen-bond acceptors (Lipinski definition) is 7. The van der Waals surface area contributed by atoms with Gasteiger partial charge in [-0.25, -0.2) is 15.0 Å². The molecule has 0 unspecified atom stereocenters. The van der Waals surface area contributed by atoms with Crippen LogP contribution in [0.25, 0.3) is 16.8 Å². The lowest BCUT2D eigenvalue weighted by Gasteiger charge is -2.20. The lowest BCUT2D eigenvalue weighted by molar-refractivity contribution is 0.0835. The van der Waals surface area contributed by atoms with Crippen LogP contribution in [0.4, 0.5) is 11.6 Å². The van der Waals surface area contributed by atoms with E-state index in [-0.39, 0.29) is 11.8 Å². The molecule has 1 aliphatic heterocycles. The Balaban J connectivity index is 1.46. The number of anilines is 2. The summed E-state index contributed by atoms with van der Waals surface area (Å²) in [6.07, 6.45) is 6.86. The molecule has 33 heavy (non-hydrogen) atoms. The molecule has 4 aromatic rings. The van der Waals surface area contributed by atoms with Gasteiger partial charge in [-0.1, -0.05) is 12.1 Å². The van der Waals surface area contributed by atoms with Crippen molar-refractivity contribution < 1.29 is 9.53 Å². The second-order valence-corrected chi connectivity index (χ2v) is 7.81. The third kappa shape index (κ3) is 4.00. The minimum absolute atomic E-state index is 0.281. The van der Waals surface area contributed by atoms with Crippen LogP contribution in [-0.2, 0) is 4.74 Å². The van der Waals surface area contributed by atoms with Crippen LogP contribution in [-0.4, -0.2) is 38.5 Å². The second-order valence-electron chi connectivity index (χ2n) is 7.81. The maximum Gasteiger partial charge on any atom is 0.256 e. The van der Waals surface area contributed by atoms with Gasteiger partial charge < -0.3 is 15.8 Å². The van der Waals surface area contributed by atoms with Crippen molar-refractivity contribution in [2.24, 2.45) is 0 Å². The summed E-state index contributed by atoms with van der Waals surface area (Å²) in [7, 11) is 0. The highest BCUT2D eigenvalue weighted by Crippen LogP contribution is 2.34. The molecule has 1 fully saturated rings. The Morgan fingerprint density at radius 3 is 2.70 bits per heavy atom. The first kappa shape index (κ1) is 20.6. The average Bonchev–Trinajstić information content (AvgIpc) is 3.26. The zero-order chi connectivity index (χ0) is 22.8. The molecule has 0 atom stereocenters. The van der Waals surface area contributed by atoms with Crippen LogP contribution < -0.4 is 11.1 Å². The van der Waals surface area contributed by atoms with Crippen molar-refractivity contribution >= 4 is 23.1 Å². The molecule has 4 heterocycles. The predicted molar refractivity (Wildman–Crippen MR) is 123 cm³/mol. The van der Waals surface area contributed by atoms with E-state index in [1.165, 1.54) is 12.3 Å². The summed E-state index contributed by atoms with van der Waals surface area (Å²) in [6.45, 7) is 1.43. The van der Waals surface area contributed by atoms with Crippen molar-refractivity contribution in [1.29, 1.82) is 5.26 Å². The van der Waals surface area contributed by atoms with Gasteiger partial charge in [-0.15, -0.1) is 0 Å². The van der Waals surface area contributed by atoms with Crippen LogP contribution in [0, 0.1) is 11.3 Å². The molecular weight excluding hydrogens is 418 g/mol. The fourth-order valence-corrected chi connectivity index (χ4v) is 4.07. The van der Waals surface area contributed by atoms with Crippen molar-refractivity contribution in [3.05, 3.63) is 71.9 Å². The number of rotatable bonds is 4. The molecule has 164 valence electrons. The van der Waals surface area contributed by atoms with Crippen LogP contribution in [0.15, 0.2) is 55.0 Å². The van der Waals surface area contributed by atoms with Gasteiger partial charge in [0.25, 0.3) is 5.91 Å². The van der Waals surface area contributed by atoms with Crippen molar-refractivity contribution in [3.63, 3.8) is 0 Å². The number of pyridine rings is 1. The molecule has 1 aromatic carbocycles.